The van der Waals surface area contributed by atoms with Crippen molar-refractivity contribution in [2.24, 2.45) is 0 Å². The van der Waals surface area contributed by atoms with Gasteiger partial charge in [0.05, 0.1) is 12.3 Å². The highest BCUT2D eigenvalue weighted by molar-refractivity contribution is 5.56. The van der Waals surface area contributed by atoms with Crippen LogP contribution >= 0.6 is 0 Å². The second kappa shape index (κ2) is 4.30. The summed E-state index contributed by atoms with van der Waals surface area (Å²) in [6, 6.07) is 3.93. The Morgan fingerprint density at radius 3 is 2.82 bits per heavy atom. The predicted octanol–water partition coefficient (Wildman–Crippen LogP) is 1.77. The van der Waals surface area contributed by atoms with Gasteiger partial charge in [0.15, 0.2) is 0 Å². The van der Waals surface area contributed by atoms with Gasteiger partial charge in [-0.2, -0.15) is 0 Å². The maximum Gasteiger partial charge on any atom is 0.140 e. The smallest absolute Gasteiger partial charge is 0.140 e. The van der Waals surface area contributed by atoms with E-state index in [1.807, 2.05) is 12.1 Å². The fourth-order valence-electron chi connectivity index (χ4n) is 2.47. The van der Waals surface area contributed by atoms with Gasteiger partial charge < -0.3 is 9.67 Å². The molecule has 3 rings (SSSR count). The van der Waals surface area contributed by atoms with Crippen LogP contribution in [-0.2, 0) is 19.6 Å². The lowest BCUT2D eigenvalue weighted by Crippen LogP contribution is -2.12. The van der Waals surface area contributed by atoms with E-state index in [2.05, 4.69) is 14.5 Å². The Bertz CT molecular complexity index is 519. The van der Waals surface area contributed by atoms with Crippen molar-refractivity contribution in [1.29, 1.82) is 0 Å². The van der Waals surface area contributed by atoms with Gasteiger partial charge in [-0.25, -0.2) is 4.98 Å². The minimum atomic E-state index is 0.0282. The van der Waals surface area contributed by atoms with Crippen molar-refractivity contribution in [3.63, 3.8) is 0 Å². The van der Waals surface area contributed by atoms with Gasteiger partial charge >= 0.3 is 0 Å². The number of nitrogens with zero attached hydrogens (tertiary/aromatic N) is 3. The average Bonchev–Trinajstić information content (AvgIpc) is 2.78. The topological polar surface area (TPSA) is 50.9 Å². The normalized spacial score (nSPS) is 14.6. The minimum Gasteiger partial charge on any atom is -0.390 e. The Labute approximate surface area is 100.0 Å². The molecule has 1 aliphatic heterocycles. The maximum absolute atomic E-state index is 9.37. The van der Waals surface area contributed by atoms with Crippen LogP contribution in [0.15, 0.2) is 24.5 Å². The molecule has 0 amide bonds. The number of pyridine rings is 1. The molecule has 0 aliphatic carbocycles. The number of fused-ring (bicyclic) bond motifs is 1. The van der Waals surface area contributed by atoms with E-state index in [0.717, 1.165) is 30.0 Å². The molecule has 0 saturated carbocycles. The summed E-state index contributed by atoms with van der Waals surface area (Å²) in [5, 5.41) is 9.37. The second-order valence-electron chi connectivity index (χ2n) is 4.33. The Hall–Kier alpha value is -1.68. The summed E-state index contributed by atoms with van der Waals surface area (Å²) < 4.78 is 2.24. The van der Waals surface area contributed by atoms with E-state index in [1.165, 1.54) is 18.5 Å². The average molecular weight is 229 g/mol. The van der Waals surface area contributed by atoms with Gasteiger partial charge in [-0.3, -0.25) is 4.98 Å². The first-order valence-electron chi connectivity index (χ1n) is 5.99. The lowest BCUT2D eigenvalue weighted by molar-refractivity contribution is 0.275. The van der Waals surface area contributed by atoms with E-state index >= 15 is 0 Å². The molecule has 17 heavy (non-hydrogen) atoms. The molecule has 0 fully saturated rings. The van der Waals surface area contributed by atoms with Gasteiger partial charge in [-0.15, -0.1) is 0 Å². The van der Waals surface area contributed by atoms with Gasteiger partial charge in [-0.1, -0.05) is 0 Å². The van der Waals surface area contributed by atoms with Gasteiger partial charge in [0, 0.05) is 30.2 Å². The SMILES string of the molecule is OCc1nc(-c2ccncc2)n2c1CCCC2. The van der Waals surface area contributed by atoms with Crippen LogP contribution in [0.25, 0.3) is 11.4 Å². The molecule has 0 radical (unpaired) electrons. The van der Waals surface area contributed by atoms with Crippen molar-refractivity contribution in [3.8, 4) is 11.4 Å². The van der Waals surface area contributed by atoms with Crippen molar-refractivity contribution in [2.45, 2.75) is 32.4 Å². The van der Waals surface area contributed by atoms with Gasteiger partial charge in [0.1, 0.15) is 5.82 Å². The van der Waals surface area contributed by atoms with Crippen molar-refractivity contribution in [2.75, 3.05) is 0 Å². The van der Waals surface area contributed by atoms with E-state index in [4.69, 9.17) is 0 Å². The molecule has 1 N–H and O–H groups in total. The maximum atomic E-state index is 9.37. The summed E-state index contributed by atoms with van der Waals surface area (Å²) in [6.45, 7) is 1.03. The van der Waals surface area contributed by atoms with Crippen LogP contribution in [0.3, 0.4) is 0 Å². The third-order valence-corrected chi connectivity index (χ3v) is 3.29. The zero-order valence-corrected chi connectivity index (χ0v) is 9.63. The Morgan fingerprint density at radius 1 is 1.24 bits per heavy atom. The van der Waals surface area contributed by atoms with Crippen molar-refractivity contribution >= 4 is 0 Å². The Balaban J connectivity index is 2.14. The third kappa shape index (κ3) is 1.74. The first kappa shape index (κ1) is 10.5. The molecule has 4 nitrogen and oxygen atoms in total. The van der Waals surface area contributed by atoms with Crippen molar-refractivity contribution < 1.29 is 5.11 Å². The number of imidazole rings is 1. The number of rotatable bonds is 2. The van der Waals surface area contributed by atoms with Crippen LogP contribution in [-0.4, -0.2) is 19.6 Å². The molecule has 0 atom stereocenters. The fraction of sp³-hybridized carbons (Fsp3) is 0.385. The van der Waals surface area contributed by atoms with E-state index in [0.29, 0.717) is 0 Å². The zero-order chi connectivity index (χ0) is 11.7. The van der Waals surface area contributed by atoms with Gasteiger partial charge in [0.2, 0.25) is 0 Å². The summed E-state index contributed by atoms with van der Waals surface area (Å²) >= 11 is 0. The minimum absolute atomic E-state index is 0.0282. The molecule has 2 aromatic rings. The first-order valence-corrected chi connectivity index (χ1v) is 5.99. The Morgan fingerprint density at radius 2 is 2.06 bits per heavy atom. The predicted molar refractivity (Wildman–Crippen MR) is 64.3 cm³/mol. The summed E-state index contributed by atoms with van der Waals surface area (Å²) in [6.07, 6.45) is 6.95. The fourth-order valence-corrected chi connectivity index (χ4v) is 2.47. The number of aromatic nitrogens is 3. The number of aliphatic hydroxyl groups is 1. The number of hydrogen-bond donors (Lipinski definition) is 1. The lowest BCUT2D eigenvalue weighted by atomic mass is 10.1. The number of hydrogen-bond acceptors (Lipinski definition) is 3. The summed E-state index contributed by atoms with van der Waals surface area (Å²) in [7, 11) is 0. The largest absolute Gasteiger partial charge is 0.390 e. The summed E-state index contributed by atoms with van der Waals surface area (Å²) in [4.78, 5) is 8.59. The standard InChI is InChI=1S/C13H15N3O/c17-9-11-12-3-1-2-8-16(12)13(15-11)10-4-6-14-7-5-10/h4-7,17H,1-3,8-9H2. The molecule has 0 aromatic carbocycles. The van der Waals surface area contributed by atoms with Crippen molar-refractivity contribution in [3.05, 3.63) is 35.9 Å². The first-order chi connectivity index (χ1) is 8.40. The quantitative estimate of drug-likeness (QED) is 0.854. The second-order valence-corrected chi connectivity index (χ2v) is 4.33. The lowest BCUT2D eigenvalue weighted by Gasteiger charge is -2.17. The highest BCUT2D eigenvalue weighted by atomic mass is 16.3. The van der Waals surface area contributed by atoms with Gasteiger partial charge in [0.25, 0.3) is 0 Å². The highest BCUT2D eigenvalue weighted by Crippen LogP contribution is 2.27. The van der Waals surface area contributed by atoms with Crippen LogP contribution < -0.4 is 0 Å². The third-order valence-electron chi connectivity index (χ3n) is 3.29. The Kier molecular flexibility index (Phi) is 2.65. The zero-order valence-electron chi connectivity index (χ0n) is 9.63. The molecule has 0 bridgehead atoms. The molecule has 2 aromatic heterocycles. The van der Waals surface area contributed by atoms with Crippen LogP contribution in [0.4, 0.5) is 0 Å². The van der Waals surface area contributed by atoms with E-state index in [1.54, 1.807) is 12.4 Å². The monoisotopic (exact) mass is 229 g/mol. The summed E-state index contributed by atoms with van der Waals surface area (Å²) in [5.41, 5.74) is 3.10. The van der Waals surface area contributed by atoms with Crippen LogP contribution in [0.5, 0.6) is 0 Å². The van der Waals surface area contributed by atoms with E-state index in [-0.39, 0.29) is 6.61 Å². The highest BCUT2D eigenvalue weighted by Gasteiger charge is 2.19. The van der Waals surface area contributed by atoms with Crippen LogP contribution in [0, 0.1) is 0 Å². The molecule has 1 aliphatic rings. The summed E-state index contributed by atoms with van der Waals surface area (Å²) in [5.74, 6) is 0.964. The molecule has 3 heterocycles. The molecule has 0 unspecified atom stereocenters. The molecular weight excluding hydrogens is 214 g/mol. The van der Waals surface area contributed by atoms with Gasteiger partial charge in [-0.05, 0) is 31.4 Å². The van der Waals surface area contributed by atoms with E-state index in [9.17, 15) is 5.11 Å². The number of aliphatic hydroxyl groups excluding tert-OH is 1. The molecule has 88 valence electrons. The molecule has 0 saturated heterocycles. The van der Waals surface area contributed by atoms with Crippen molar-refractivity contribution in [1.82, 2.24) is 14.5 Å². The van der Waals surface area contributed by atoms with Crippen LogP contribution in [0.1, 0.15) is 24.2 Å². The molecule has 4 heteroatoms. The van der Waals surface area contributed by atoms with E-state index < -0.39 is 0 Å². The molecular formula is C13H15N3O. The van der Waals surface area contributed by atoms with Crippen LogP contribution in [0.2, 0.25) is 0 Å². The molecule has 0 spiro atoms.